The van der Waals surface area contributed by atoms with Gasteiger partial charge in [0.15, 0.2) is 16.7 Å². The zero-order valence-electron chi connectivity index (χ0n) is 18.3. The molecule has 3 aromatic rings. The van der Waals surface area contributed by atoms with Crippen LogP contribution in [-0.2, 0) is 11.4 Å². The van der Waals surface area contributed by atoms with E-state index in [-0.39, 0.29) is 24.1 Å². The van der Waals surface area contributed by atoms with Crippen LogP contribution in [-0.4, -0.2) is 35.0 Å². The van der Waals surface area contributed by atoms with Crippen LogP contribution in [0.3, 0.4) is 0 Å². The van der Waals surface area contributed by atoms with E-state index in [2.05, 4.69) is 36.4 Å². The van der Waals surface area contributed by atoms with Crippen molar-refractivity contribution in [3.05, 3.63) is 75.3 Å². The molecule has 33 heavy (non-hydrogen) atoms. The minimum absolute atomic E-state index is 0.136. The van der Waals surface area contributed by atoms with Gasteiger partial charge >= 0.3 is 0 Å². The number of ether oxygens (including phenoxy) is 2. The Hall–Kier alpha value is -2.98. The molecule has 10 heteroatoms. The van der Waals surface area contributed by atoms with Gasteiger partial charge in [-0.3, -0.25) is 4.79 Å². The van der Waals surface area contributed by atoms with Gasteiger partial charge in [0.05, 0.1) is 19.1 Å². The van der Waals surface area contributed by atoms with Crippen LogP contribution in [0, 0.1) is 19.7 Å². The second-order valence-electron chi connectivity index (χ2n) is 6.96. The first-order valence-corrected chi connectivity index (χ1v) is 11.6. The van der Waals surface area contributed by atoms with Crippen LogP contribution in [0.2, 0.25) is 0 Å². The van der Waals surface area contributed by atoms with Crippen molar-refractivity contribution < 1.29 is 18.7 Å². The van der Waals surface area contributed by atoms with E-state index in [0.29, 0.717) is 32.3 Å². The predicted molar refractivity (Wildman–Crippen MR) is 129 cm³/mol. The van der Waals surface area contributed by atoms with Crippen molar-refractivity contribution in [1.82, 2.24) is 15.4 Å². The van der Waals surface area contributed by atoms with Crippen LogP contribution < -0.4 is 14.9 Å². The zero-order valence-corrected chi connectivity index (χ0v) is 20.7. The smallest absolute Gasteiger partial charge is 0.250 e. The number of carbonyl (C=O) groups excluding carboxylic acids is 1. The van der Waals surface area contributed by atoms with Crippen LogP contribution >= 0.6 is 27.7 Å². The fraction of sp³-hybridized carbons (Fsp3) is 0.217. The maximum Gasteiger partial charge on any atom is 0.250 e. The summed E-state index contributed by atoms with van der Waals surface area (Å²) in [5.41, 5.74) is 5.57. The zero-order chi connectivity index (χ0) is 23.8. The number of hydrogen-bond donors (Lipinski definition) is 1. The Balaban J connectivity index is 1.58. The lowest BCUT2D eigenvalue weighted by Crippen LogP contribution is -2.19. The van der Waals surface area contributed by atoms with Crippen LogP contribution in [0.1, 0.15) is 22.5 Å². The first kappa shape index (κ1) is 24.7. The lowest BCUT2D eigenvalue weighted by molar-refractivity contribution is -0.118. The van der Waals surface area contributed by atoms with Gasteiger partial charge in [-0.05, 0) is 65.7 Å². The van der Waals surface area contributed by atoms with E-state index in [1.54, 1.807) is 24.3 Å². The number of carbonyl (C=O) groups is 1. The first-order chi connectivity index (χ1) is 15.8. The highest BCUT2D eigenvalue weighted by Crippen LogP contribution is 2.33. The van der Waals surface area contributed by atoms with Crippen molar-refractivity contribution in [1.29, 1.82) is 0 Å². The summed E-state index contributed by atoms with van der Waals surface area (Å²) in [5, 5.41) is 4.56. The monoisotopic (exact) mass is 532 g/mol. The summed E-state index contributed by atoms with van der Waals surface area (Å²) in [6, 6.07) is 11.5. The number of aromatic nitrogens is 2. The molecule has 0 saturated heterocycles. The molecule has 0 aliphatic carbocycles. The van der Waals surface area contributed by atoms with Crippen molar-refractivity contribution >= 4 is 39.8 Å². The summed E-state index contributed by atoms with van der Waals surface area (Å²) in [6.45, 7) is 3.95. The average Bonchev–Trinajstić information content (AvgIpc) is 2.77. The number of hydrazone groups is 1. The number of rotatable bonds is 9. The van der Waals surface area contributed by atoms with Gasteiger partial charge in [-0.1, -0.05) is 23.9 Å². The van der Waals surface area contributed by atoms with Crippen LogP contribution in [0.15, 0.2) is 57.2 Å². The van der Waals surface area contributed by atoms with E-state index in [1.807, 2.05) is 19.9 Å². The third-order valence-electron chi connectivity index (χ3n) is 4.25. The fourth-order valence-corrected chi connectivity index (χ4v) is 3.97. The Kier molecular flexibility index (Phi) is 8.79. The quantitative estimate of drug-likeness (QED) is 0.184. The molecule has 0 unspecified atom stereocenters. The van der Waals surface area contributed by atoms with Crippen LogP contribution in [0.25, 0.3) is 0 Å². The number of methoxy groups -OCH3 is 1. The molecule has 1 amide bonds. The molecule has 0 saturated carbocycles. The standard InChI is InChI=1S/C23H22BrFN4O3S/c1-14-7-15(2)28-23(27-14)33-13-22(30)29-26-11-17-9-20(31-3)21(10-19(17)24)32-12-16-5-4-6-18(25)8-16/h4-11H,12-13H2,1-3H3,(H,29,30)/b26-11-. The molecule has 1 heterocycles. The normalized spacial score (nSPS) is 10.9. The average molecular weight is 533 g/mol. The Labute approximate surface area is 203 Å². The topological polar surface area (TPSA) is 85.7 Å². The third-order valence-corrected chi connectivity index (χ3v) is 5.79. The molecule has 1 N–H and O–H groups in total. The molecule has 0 atom stereocenters. The minimum Gasteiger partial charge on any atom is -0.493 e. The van der Waals surface area contributed by atoms with Crippen molar-refractivity contribution in [2.45, 2.75) is 25.6 Å². The Morgan fingerprint density at radius 2 is 1.94 bits per heavy atom. The summed E-state index contributed by atoms with van der Waals surface area (Å²) in [6.07, 6.45) is 1.50. The summed E-state index contributed by atoms with van der Waals surface area (Å²) < 4.78 is 25.2. The van der Waals surface area contributed by atoms with Gasteiger partial charge in [0, 0.05) is 21.4 Å². The lowest BCUT2D eigenvalue weighted by Gasteiger charge is -2.13. The number of aryl methyl sites for hydroxylation is 2. The Bertz CT molecular complexity index is 1160. The van der Waals surface area contributed by atoms with Crippen LogP contribution in [0.5, 0.6) is 11.5 Å². The fourth-order valence-electron chi connectivity index (χ4n) is 2.80. The van der Waals surface area contributed by atoms with E-state index >= 15 is 0 Å². The highest BCUT2D eigenvalue weighted by molar-refractivity contribution is 9.10. The van der Waals surface area contributed by atoms with Gasteiger partial charge in [-0.2, -0.15) is 5.10 Å². The Morgan fingerprint density at radius 3 is 2.64 bits per heavy atom. The van der Waals surface area contributed by atoms with Crippen LogP contribution in [0.4, 0.5) is 4.39 Å². The molecule has 0 radical (unpaired) electrons. The van der Waals surface area contributed by atoms with Crippen molar-refractivity contribution in [2.24, 2.45) is 5.10 Å². The lowest BCUT2D eigenvalue weighted by atomic mass is 10.2. The van der Waals surface area contributed by atoms with Crippen molar-refractivity contribution in [3.63, 3.8) is 0 Å². The molecule has 2 aromatic carbocycles. The summed E-state index contributed by atoms with van der Waals surface area (Å²) >= 11 is 4.71. The molecular formula is C23H22BrFN4O3S. The third kappa shape index (κ3) is 7.54. The molecule has 172 valence electrons. The number of benzene rings is 2. The SMILES string of the molecule is COc1cc(/C=N\NC(=O)CSc2nc(C)cc(C)n2)c(Br)cc1OCc1cccc(F)c1. The molecule has 0 spiro atoms. The molecular weight excluding hydrogens is 511 g/mol. The summed E-state index contributed by atoms with van der Waals surface area (Å²) in [5.74, 6) is 0.497. The molecule has 0 bridgehead atoms. The molecule has 0 fully saturated rings. The van der Waals surface area contributed by atoms with Crippen molar-refractivity contribution in [3.8, 4) is 11.5 Å². The molecule has 0 aliphatic rings. The first-order valence-electron chi connectivity index (χ1n) is 9.86. The molecule has 0 aliphatic heterocycles. The highest BCUT2D eigenvalue weighted by atomic mass is 79.9. The largest absolute Gasteiger partial charge is 0.493 e. The maximum atomic E-state index is 13.4. The molecule has 3 rings (SSSR count). The Morgan fingerprint density at radius 1 is 1.18 bits per heavy atom. The number of nitrogens with one attached hydrogen (secondary N) is 1. The van der Waals surface area contributed by atoms with Gasteiger partial charge in [0.2, 0.25) is 0 Å². The predicted octanol–water partition coefficient (Wildman–Crippen LogP) is 4.83. The number of halogens is 2. The number of thioether (sulfide) groups is 1. The minimum atomic E-state index is -0.322. The number of nitrogens with zero attached hydrogens (tertiary/aromatic N) is 3. The van der Waals surface area contributed by atoms with E-state index in [0.717, 1.165) is 11.4 Å². The van der Waals surface area contributed by atoms with Gasteiger partial charge in [0.1, 0.15) is 12.4 Å². The van der Waals surface area contributed by atoms with E-state index in [9.17, 15) is 9.18 Å². The van der Waals surface area contributed by atoms with Gasteiger partial charge in [0.25, 0.3) is 5.91 Å². The number of amides is 1. The molecule has 1 aromatic heterocycles. The van der Waals surface area contributed by atoms with Gasteiger partial charge in [-0.15, -0.1) is 0 Å². The van der Waals surface area contributed by atoms with Gasteiger partial charge < -0.3 is 9.47 Å². The summed E-state index contributed by atoms with van der Waals surface area (Å²) in [4.78, 5) is 20.7. The number of hydrogen-bond acceptors (Lipinski definition) is 7. The second-order valence-corrected chi connectivity index (χ2v) is 8.76. The van der Waals surface area contributed by atoms with Gasteiger partial charge in [-0.25, -0.2) is 19.8 Å². The summed E-state index contributed by atoms with van der Waals surface area (Å²) in [7, 11) is 1.52. The highest BCUT2D eigenvalue weighted by Gasteiger charge is 2.11. The maximum absolute atomic E-state index is 13.4. The van der Waals surface area contributed by atoms with E-state index in [1.165, 1.54) is 37.2 Å². The van der Waals surface area contributed by atoms with E-state index in [4.69, 9.17) is 9.47 Å². The molecule has 7 nitrogen and oxygen atoms in total. The second kappa shape index (κ2) is 11.8. The van der Waals surface area contributed by atoms with Crippen molar-refractivity contribution in [2.75, 3.05) is 12.9 Å². The van der Waals surface area contributed by atoms with E-state index < -0.39 is 0 Å².